The Balaban J connectivity index is 0. The number of hydrogen-bond donors (Lipinski definition) is 2. The van der Waals surface area contributed by atoms with Crippen LogP contribution < -0.4 is 0 Å². The van der Waals surface area contributed by atoms with Crippen molar-refractivity contribution in [3.63, 3.8) is 0 Å². The summed E-state index contributed by atoms with van der Waals surface area (Å²) >= 11 is 0. The molecular formula is H2HgO4S+2. The topological polar surface area (TPSA) is 74.6 Å². The largest absolute Gasteiger partial charge is 2.00 e. The van der Waals surface area contributed by atoms with Gasteiger partial charge in [0.25, 0.3) is 0 Å². The molecule has 0 atom stereocenters. The van der Waals surface area contributed by atoms with Crippen LogP contribution in [0.3, 0.4) is 0 Å². The predicted molar refractivity (Wildman–Crippen MR) is 14.2 cm³/mol. The van der Waals surface area contributed by atoms with Crippen LogP contribution in [-0.4, -0.2) is 17.5 Å². The molecule has 0 aromatic carbocycles. The summed E-state index contributed by atoms with van der Waals surface area (Å²) in [5, 5.41) is 0. The minimum atomic E-state index is -4.67. The number of rotatable bonds is 0. The minimum Gasteiger partial charge on any atom is -0.264 e. The van der Waals surface area contributed by atoms with Gasteiger partial charge in [0, 0.05) is 0 Å². The predicted octanol–water partition coefficient (Wildman–Crippen LogP) is -0.655. The second-order valence-electron chi connectivity index (χ2n) is 0.448. The van der Waals surface area contributed by atoms with Gasteiger partial charge >= 0.3 is 38.1 Å². The van der Waals surface area contributed by atoms with Gasteiger partial charge in [-0.1, -0.05) is 0 Å². The van der Waals surface area contributed by atoms with Crippen LogP contribution in [0.1, 0.15) is 0 Å². The summed E-state index contributed by atoms with van der Waals surface area (Å²) in [7, 11) is -4.67. The first-order chi connectivity index (χ1) is 2.00. The Morgan fingerprint density at radius 2 is 1.17 bits per heavy atom. The summed E-state index contributed by atoms with van der Waals surface area (Å²) < 4.78 is 31.6. The van der Waals surface area contributed by atoms with Crippen LogP contribution in [0.25, 0.3) is 0 Å². The van der Waals surface area contributed by atoms with E-state index in [1.165, 1.54) is 0 Å². The molecule has 0 amide bonds. The van der Waals surface area contributed by atoms with Gasteiger partial charge in [-0.15, -0.1) is 0 Å². The van der Waals surface area contributed by atoms with Gasteiger partial charge in [-0.05, 0) is 0 Å². The third-order valence-electron chi connectivity index (χ3n) is 0. The summed E-state index contributed by atoms with van der Waals surface area (Å²) in [6, 6.07) is 0. The molecule has 0 aliphatic carbocycles. The second-order valence-corrected chi connectivity index (χ2v) is 1.34. The molecule has 0 rings (SSSR count). The molecule has 0 spiro atoms. The molecule has 4 nitrogen and oxygen atoms in total. The molecular weight excluding hydrogens is 297 g/mol. The molecule has 0 heterocycles. The van der Waals surface area contributed by atoms with Crippen molar-refractivity contribution in [2.24, 2.45) is 0 Å². The molecule has 32 valence electrons. The summed E-state index contributed by atoms with van der Waals surface area (Å²) in [5.41, 5.74) is 0. The molecule has 0 aliphatic heterocycles. The third-order valence-corrected chi connectivity index (χ3v) is 0. The van der Waals surface area contributed by atoms with Gasteiger partial charge in [0.05, 0.1) is 0 Å². The van der Waals surface area contributed by atoms with Crippen molar-refractivity contribution in [2.45, 2.75) is 0 Å². The van der Waals surface area contributed by atoms with E-state index in [0.29, 0.717) is 0 Å². The maximum absolute atomic E-state index is 8.74. The van der Waals surface area contributed by atoms with Gasteiger partial charge in [0.1, 0.15) is 0 Å². The molecule has 0 saturated heterocycles. The molecule has 0 bridgehead atoms. The molecule has 2 N–H and O–H groups in total. The van der Waals surface area contributed by atoms with Crippen LogP contribution in [0.15, 0.2) is 0 Å². The molecule has 0 fully saturated rings. The van der Waals surface area contributed by atoms with Crippen LogP contribution >= 0.6 is 0 Å². The Hall–Kier alpha value is 0.805. The zero-order valence-corrected chi connectivity index (χ0v) is 9.14. The van der Waals surface area contributed by atoms with E-state index in [1.54, 1.807) is 0 Å². The first-order valence-corrected chi connectivity index (χ1v) is 2.10. The molecule has 0 aromatic heterocycles. The van der Waals surface area contributed by atoms with E-state index in [-0.39, 0.29) is 27.7 Å². The van der Waals surface area contributed by atoms with Crippen LogP contribution in [0.5, 0.6) is 0 Å². The van der Waals surface area contributed by atoms with Crippen molar-refractivity contribution < 1.29 is 45.2 Å². The van der Waals surface area contributed by atoms with Gasteiger partial charge in [-0.2, -0.15) is 8.42 Å². The van der Waals surface area contributed by atoms with E-state index in [9.17, 15) is 0 Å². The second kappa shape index (κ2) is 2.89. The smallest absolute Gasteiger partial charge is 0.264 e. The van der Waals surface area contributed by atoms with Gasteiger partial charge in [0.2, 0.25) is 0 Å². The van der Waals surface area contributed by atoms with Crippen molar-refractivity contribution in [1.29, 1.82) is 0 Å². The van der Waals surface area contributed by atoms with Crippen molar-refractivity contribution in [3.8, 4) is 0 Å². The van der Waals surface area contributed by atoms with Crippen LogP contribution in [0.4, 0.5) is 0 Å². The molecule has 0 aliphatic rings. The first kappa shape index (κ1) is 9.93. The first-order valence-electron chi connectivity index (χ1n) is 0.698. The van der Waals surface area contributed by atoms with Gasteiger partial charge in [-0.25, -0.2) is 0 Å². The zero-order valence-electron chi connectivity index (χ0n) is 2.83. The number of hydrogen-bond acceptors (Lipinski definition) is 2. The fraction of sp³-hybridized carbons (Fsp3) is 0. The average molecular weight is 299 g/mol. The van der Waals surface area contributed by atoms with Crippen molar-refractivity contribution in [1.82, 2.24) is 0 Å². The Bertz CT molecular complexity index is 90.7. The molecule has 6 heavy (non-hydrogen) atoms. The summed E-state index contributed by atoms with van der Waals surface area (Å²) in [6.45, 7) is 0. The summed E-state index contributed by atoms with van der Waals surface area (Å²) in [6.07, 6.45) is 0. The monoisotopic (exact) mass is 300 g/mol. The van der Waals surface area contributed by atoms with Gasteiger partial charge in [-0.3, -0.25) is 9.11 Å². The third kappa shape index (κ3) is 107. The quantitative estimate of drug-likeness (QED) is 0.460. The van der Waals surface area contributed by atoms with Crippen molar-refractivity contribution in [2.75, 3.05) is 0 Å². The maximum Gasteiger partial charge on any atom is 2.00 e. The van der Waals surface area contributed by atoms with E-state index >= 15 is 0 Å². The fourth-order valence-corrected chi connectivity index (χ4v) is 0. The normalized spacial score (nSPS) is 9.67. The molecule has 0 radical (unpaired) electrons. The van der Waals surface area contributed by atoms with Gasteiger partial charge in [0.15, 0.2) is 0 Å². The Labute approximate surface area is 55.6 Å². The van der Waals surface area contributed by atoms with Crippen molar-refractivity contribution >= 4 is 10.4 Å². The van der Waals surface area contributed by atoms with Crippen LogP contribution in [0, 0.1) is 0 Å². The molecule has 0 unspecified atom stereocenters. The van der Waals surface area contributed by atoms with Crippen LogP contribution in [0.2, 0.25) is 0 Å². The fourth-order valence-electron chi connectivity index (χ4n) is 0. The van der Waals surface area contributed by atoms with E-state index in [4.69, 9.17) is 17.5 Å². The summed E-state index contributed by atoms with van der Waals surface area (Å²) in [5.74, 6) is 0. The van der Waals surface area contributed by atoms with E-state index < -0.39 is 10.4 Å². The zero-order chi connectivity index (χ0) is 4.50. The van der Waals surface area contributed by atoms with Crippen molar-refractivity contribution in [3.05, 3.63) is 0 Å². The maximum atomic E-state index is 8.74. The van der Waals surface area contributed by atoms with Crippen LogP contribution in [-0.2, 0) is 38.1 Å². The standard InChI is InChI=1S/Hg.H2O4S/c;1-5(2,3)4/h;(H2,1,2,3,4)/q+2;. The Morgan fingerprint density at radius 3 is 1.17 bits per heavy atom. The minimum absolute atomic E-state index is 0. The Morgan fingerprint density at radius 1 is 1.17 bits per heavy atom. The Kier molecular flexibility index (Phi) is 4.79. The van der Waals surface area contributed by atoms with E-state index in [0.717, 1.165) is 0 Å². The average Bonchev–Trinajstić information content (AvgIpc) is 0.722. The molecule has 6 heteroatoms. The van der Waals surface area contributed by atoms with Gasteiger partial charge < -0.3 is 0 Å². The van der Waals surface area contributed by atoms with E-state index in [2.05, 4.69) is 0 Å². The SMILES string of the molecule is O=S(=O)(O)O.[Hg+2]. The summed E-state index contributed by atoms with van der Waals surface area (Å²) in [4.78, 5) is 0. The van der Waals surface area contributed by atoms with E-state index in [1.807, 2.05) is 0 Å². The molecule has 0 saturated carbocycles. The molecule has 0 aromatic rings.